The van der Waals surface area contributed by atoms with Gasteiger partial charge < -0.3 is 5.32 Å². The Bertz CT molecular complexity index is 280. The van der Waals surface area contributed by atoms with Crippen molar-refractivity contribution in [3.8, 4) is 0 Å². The van der Waals surface area contributed by atoms with Gasteiger partial charge >= 0.3 is 0 Å². The van der Waals surface area contributed by atoms with Gasteiger partial charge in [-0.3, -0.25) is 9.48 Å². The molecule has 1 N–H and O–H groups in total. The summed E-state index contributed by atoms with van der Waals surface area (Å²) in [6.45, 7) is 3.67. The molecule has 13 heavy (non-hydrogen) atoms. The standard InChI is InChI=1S/C9H15N3O/c1-3-10-5-4-9(13)8-6-11-12(2)7-8/h6-7,10H,3-5H2,1-2H3. The molecule has 4 heteroatoms. The quantitative estimate of drug-likeness (QED) is 0.534. The largest absolute Gasteiger partial charge is 0.317 e. The summed E-state index contributed by atoms with van der Waals surface area (Å²) in [6.07, 6.45) is 3.89. The molecule has 72 valence electrons. The summed E-state index contributed by atoms with van der Waals surface area (Å²) in [5.74, 6) is 0.147. The lowest BCUT2D eigenvalue weighted by molar-refractivity contribution is 0.0983. The molecular weight excluding hydrogens is 166 g/mol. The number of carbonyl (C=O) groups excluding carboxylic acids is 1. The predicted octanol–water partition coefficient (Wildman–Crippen LogP) is 0.602. The highest BCUT2D eigenvalue weighted by Gasteiger charge is 2.06. The molecule has 1 heterocycles. The Morgan fingerprint density at radius 3 is 3.00 bits per heavy atom. The number of aryl methyl sites for hydroxylation is 1. The van der Waals surface area contributed by atoms with Crippen LogP contribution in [0.25, 0.3) is 0 Å². The van der Waals surface area contributed by atoms with Crippen LogP contribution < -0.4 is 5.32 Å². The lowest BCUT2D eigenvalue weighted by atomic mass is 10.2. The third kappa shape index (κ3) is 2.99. The molecule has 0 amide bonds. The van der Waals surface area contributed by atoms with Gasteiger partial charge in [-0.1, -0.05) is 6.92 Å². The molecule has 0 spiro atoms. The molecule has 0 unspecified atom stereocenters. The highest BCUT2D eigenvalue weighted by atomic mass is 16.1. The Morgan fingerprint density at radius 2 is 2.46 bits per heavy atom. The van der Waals surface area contributed by atoms with E-state index in [1.54, 1.807) is 24.1 Å². The fourth-order valence-corrected chi connectivity index (χ4v) is 1.09. The highest BCUT2D eigenvalue weighted by Crippen LogP contribution is 2.00. The van der Waals surface area contributed by atoms with Gasteiger partial charge in [0.25, 0.3) is 0 Å². The number of ketones is 1. The second kappa shape index (κ2) is 4.77. The summed E-state index contributed by atoms with van der Waals surface area (Å²) >= 11 is 0. The minimum Gasteiger partial charge on any atom is -0.317 e. The third-order valence-corrected chi connectivity index (χ3v) is 1.81. The molecule has 0 bridgehead atoms. The van der Waals surface area contributed by atoms with Gasteiger partial charge in [0.2, 0.25) is 0 Å². The van der Waals surface area contributed by atoms with E-state index >= 15 is 0 Å². The first kappa shape index (κ1) is 9.92. The van der Waals surface area contributed by atoms with E-state index in [4.69, 9.17) is 0 Å². The minimum absolute atomic E-state index is 0.147. The molecule has 1 rings (SSSR count). The average Bonchev–Trinajstić information content (AvgIpc) is 2.52. The molecule has 0 aliphatic carbocycles. The molecule has 0 aliphatic rings. The first-order chi connectivity index (χ1) is 6.24. The van der Waals surface area contributed by atoms with Crippen molar-refractivity contribution in [1.82, 2.24) is 15.1 Å². The summed E-state index contributed by atoms with van der Waals surface area (Å²) in [5.41, 5.74) is 0.695. The highest BCUT2D eigenvalue weighted by molar-refractivity contribution is 5.95. The van der Waals surface area contributed by atoms with E-state index < -0.39 is 0 Å². The maximum absolute atomic E-state index is 11.4. The van der Waals surface area contributed by atoms with Crippen LogP contribution in [0.5, 0.6) is 0 Å². The van der Waals surface area contributed by atoms with E-state index in [1.807, 2.05) is 6.92 Å². The van der Waals surface area contributed by atoms with E-state index in [0.29, 0.717) is 12.0 Å². The predicted molar refractivity (Wildman–Crippen MR) is 50.7 cm³/mol. The first-order valence-electron chi connectivity index (χ1n) is 4.46. The van der Waals surface area contributed by atoms with Crippen molar-refractivity contribution in [2.24, 2.45) is 7.05 Å². The molecule has 0 radical (unpaired) electrons. The number of aromatic nitrogens is 2. The number of carbonyl (C=O) groups is 1. The van der Waals surface area contributed by atoms with Crippen molar-refractivity contribution in [2.45, 2.75) is 13.3 Å². The molecule has 0 fully saturated rings. The van der Waals surface area contributed by atoms with Crippen molar-refractivity contribution in [3.63, 3.8) is 0 Å². The van der Waals surface area contributed by atoms with Crippen LogP contribution in [0.1, 0.15) is 23.7 Å². The second-order valence-corrected chi connectivity index (χ2v) is 2.93. The molecule has 0 atom stereocenters. The monoisotopic (exact) mass is 181 g/mol. The van der Waals surface area contributed by atoms with Gasteiger partial charge in [-0.05, 0) is 6.54 Å². The van der Waals surface area contributed by atoms with Crippen LogP contribution in [0.4, 0.5) is 0 Å². The van der Waals surface area contributed by atoms with Crippen LogP contribution >= 0.6 is 0 Å². The van der Waals surface area contributed by atoms with E-state index in [0.717, 1.165) is 13.1 Å². The van der Waals surface area contributed by atoms with Crippen LogP contribution in [0.15, 0.2) is 12.4 Å². The Kier molecular flexibility index (Phi) is 3.64. The van der Waals surface area contributed by atoms with Gasteiger partial charge in [-0.25, -0.2) is 0 Å². The SMILES string of the molecule is CCNCCC(=O)c1cnn(C)c1. The van der Waals surface area contributed by atoms with Crippen LogP contribution in [-0.2, 0) is 7.05 Å². The Morgan fingerprint density at radius 1 is 1.69 bits per heavy atom. The zero-order valence-corrected chi connectivity index (χ0v) is 8.08. The lowest BCUT2D eigenvalue weighted by Gasteiger charge is -1.98. The van der Waals surface area contributed by atoms with Gasteiger partial charge in [-0.2, -0.15) is 5.10 Å². The molecular formula is C9H15N3O. The van der Waals surface area contributed by atoms with Crippen LogP contribution in [0, 0.1) is 0 Å². The number of hydrogen-bond acceptors (Lipinski definition) is 3. The Balaban J connectivity index is 2.40. The maximum Gasteiger partial charge on any atom is 0.167 e. The number of Topliss-reactive ketones (excluding diaryl/α,β-unsaturated/α-hetero) is 1. The van der Waals surface area contributed by atoms with E-state index in [9.17, 15) is 4.79 Å². The fraction of sp³-hybridized carbons (Fsp3) is 0.556. The van der Waals surface area contributed by atoms with Crippen LogP contribution in [-0.4, -0.2) is 28.7 Å². The van der Waals surface area contributed by atoms with Gasteiger partial charge in [0.1, 0.15) is 0 Å². The molecule has 4 nitrogen and oxygen atoms in total. The molecule has 0 aromatic carbocycles. The van der Waals surface area contributed by atoms with Crippen molar-refractivity contribution in [2.75, 3.05) is 13.1 Å². The van der Waals surface area contributed by atoms with Crippen molar-refractivity contribution in [1.29, 1.82) is 0 Å². The smallest absolute Gasteiger partial charge is 0.167 e. The normalized spacial score (nSPS) is 10.3. The molecule has 0 saturated heterocycles. The topological polar surface area (TPSA) is 46.9 Å². The number of nitrogens with one attached hydrogen (secondary N) is 1. The number of hydrogen-bond donors (Lipinski definition) is 1. The van der Waals surface area contributed by atoms with Crippen molar-refractivity contribution in [3.05, 3.63) is 18.0 Å². The molecule has 1 aromatic heterocycles. The molecule has 0 saturated carbocycles. The minimum atomic E-state index is 0.147. The summed E-state index contributed by atoms with van der Waals surface area (Å²) in [5, 5.41) is 7.05. The van der Waals surface area contributed by atoms with Crippen molar-refractivity contribution < 1.29 is 4.79 Å². The molecule has 1 aromatic rings. The maximum atomic E-state index is 11.4. The summed E-state index contributed by atoms with van der Waals surface area (Å²) in [7, 11) is 1.81. The van der Waals surface area contributed by atoms with Gasteiger partial charge in [0.05, 0.1) is 11.8 Å². The van der Waals surface area contributed by atoms with Gasteiger partial charge in [0.15, 0.2) is 5.78 Å². The summed E-state index contributed by atoms with van der Waals surface area (Å²) in [6, 6.07) is 0. The lowest BCUT2D eigenvalue weighted by Crippen LogP contribution is -2.17. The zero-order valence-electron chi connectivity index (χ0n) is 8.08. The second-order valence-electron chi connectivity index (χ2n) is 2.93. The number of rotatable bonds is 5. The zero-order chi connectivity index (χ0) is 9.68. The fourth-order valence-electron chi connectivity index (χ4n) is 1.09. The summed E-state index contributed by atoms with van der Waals surface area (Å²) < 4.78 is 1.64. The average molecular weight is 181 g/mol. The Labute approximate surface area is 77.9 Å². The first-order valence-corrected chi connectivity index (χ1v) is 4.46. The van der Waals surface area contributed by atoms with Gasteiger partial charge in [-0.15, -0.1) is 0 Å². The van der Waals surface area contributed by atoms with E-state index in [-0.39, 0.29) is 5.78 Å². The van der Waals surface area contributed by atoms with E-state index in [2.05, 4.69) is 10.4 Å². The Hall–Kier alpha value is -1.16. The third-order valence-electron chi connectivity index (χ3n) is 1.81. The van der Waals surface area contributed by atoms with Gasteiger partial charge in [0, 0.05) is 26.2 Å². The summed E-state index contributed by atoms with van der Waals surface area (Å²) in [4.78, 5) is 11.4. The van der Waals surface area contributed by atoms with Crippen LogP contribution in [0.2, 0.25) is 0 Å². The number of nitrogens with zero attached hydrogens (tertiary/aromatic N) is 2. The van der Waals surface area contributed by atoms with E-state index in [1.165, 1.54) is 0 Å². The van der Waals surface area contributed by atoms with Crippen molar-refractivity contribution >= 4 is 5.78 Å². The van der Waals surface area contributed by atoms with Crippen LogP contribution in [0.3, 0.4) is 0 Å². The molecule has 0 aliphatic heterocycles.